The van der Waals surface area contributed by atoms with Gasteiger partial charge in [-0.1, -0.05) is 0 Å². The first-order valence-corrected chi connectivity index (χ1v) is 4.12. The molecule has 1 aromatic heterocycles. The van der Waals surface area contributed by atoms with Crippen LogP contribution in [0.5, 0.6) is 5.75 Å². The quantitative estimate of drug-likeness (QED) is 0.711. The summed E-state index contributed by atoms with van der Waals surface area (Å²) < 4.78 is 5.90. The molecule has 1 rings (SSSR count). The molecule has 0 unspecified atom stereocenters. The molecule has 0 amide bonds. The normalized spacial score (nSPS) is 10.2. The number of aromatic nitrogens is 2. The van der Waals surface area contributed by atoms with Crippen LogP contribution in [0.4, 0.5) is 0 Å². The van der Waals surface area contributed by atoms with Gasteiger partial charge < -0.3 is 4.74 Å². The van der Waals surface area contributed by atoms with Crippen LogP contribution in [0.3, 0.4) is 0 Å². The van der Waals surface area contributed by atoms with Crippen LogP contribution in [0.1, 0.15) is 13.8 Å². The molecular weight excluding hydrogens is 208 g/mol. The lowest BCUT2D eigenvalue weighted by Crippen LogP contribution is -2.05. The van der Waals surface area contributed by atoms with Gasteiger partial charge in [-0.25, -0.2) is 9.97 Å². The largest absolute Gasteiger partial charge is 0.488 e. The fourth-order valence-electron chi connectivity index (χ4n) is 0.633. The molecule has 1 aromatic rings. The molecule has 3 nitrogen and oxygen atoms in total. The summed E-state index contributed by atoms with van der Waals surface area (Å²) in [5, 5.41) is 0. The highest BCUT2D eigenvalue weighted by Crippen LogP contribution is 2.10. The number of hydrogen-bond donors (Lipinski definition) is 0. The molecule has 0 N–H and O–H groups in total. The Balaban J connectivity index is 2.66. The van der Waals surface area contributed by atoms with Gasteiger partial charge in [0, 0.05) is 0 Å². The van der Waals surface area contributed by atoms with Crippen molar-refractivity contribution in [3.8, 4) is 5.75 Å². The number of ether oxygens (including phenoxy) is 1. The van der Waals surface area contributed by atoms with Crippen molar-refractivity contribution in [3.63, 3.8) is 0 Å². The highest BCUT2D eigenvalue weighted by molar-refractivity contribution is 9.10. The van der Waals surface area contributed by atoms with Gasteiger partial charge in [-0.05, 0) is 29.8 Å². The predicted octanol–water partition coefficient (Wildman–Crippen LogP) is 2.03. The lowest BCUT2D eigenvalue weighted by Gasteiger charge is -2.07. The van der Waals surface area contributed by atoms with E-state index in [1.807, 2.05) is 13.8 Å². The highest BCUT2D eigenvalue weighted by atomic mass is 79.9. The van der Waals surface area contributed by atoms with Crippen molar-refractivity contribution in [1.29, 1.82) is 0 Å². The highest BCUT2D eigenvalue weighted by Gasteiger charge is 1.97. The maximum Gasteiger partial charge on any atom is 0.196 e. The van der Waals surface area contributed by atoms with Gasteiger partial charge in [-0.2, -0.15) is 0 Å². The summed E-state index contributed by atoms with van der Waals surface area (Å²) in [5.41, 5.74) is 0. The Morgan fingerprint density at radius 2 is 1.91 bits per heavy atom. The smallest absolute Gasteiger partial charge is 0.196 e. The Hall–Kier alpha value is -0.640. The fourth-order valence-corrected chi connectivity index (χ4v) is 0.838. The first-order chi connectivity index (χ1) is 5.18. The molecule has 0 aliphatic carbocycles. The first-order valence-electron chi connectivity index (χ1n) is 3.32. The summed E-state index contributed by atoms with van der Waals surface area (Å²) in [4.78, 5) is 7.83. The Morgan fingerprint density at radius 1 is 1.36 bits per heavy atom. The van der Waals surface area contributed by atoms with Crippen molar-refractivity contribution in [2.24, 2.45) is 0 Å². The second kappa shape index (κ2) is 3.67. The first kappa shape index (κ1) is 8.46. The van der Waals surface area contributed by atoms with Crippen LogP contribution in [0.2, 0.25) is 0 Å². The van der Waals surface area contributed by atoms with Crippen LogP contribution in [0.25, 0.3) is 0 Å². The van der Waals surface area contributed by atoms with Gasteiger partial charge in [0.2, 0.25) is 0 Å². The van der Waals surface area contributed by atoms with Crippen LogP contribution in [-0.2, 0) is 0 Å². The van der Waals surface area contributed by atoms with E-state index in [2.05, 4.69) is 25.9 Å². The van der Waals surface area contributed by atoms with Crippen molar-refractivity contribution >= 4 is 15.9 Å². The third kappa shape index (κ3) is 2.84. The predicted molar refractivity (Wildman–Crippen MR) is 45.5 cm³/mol. The molecule has 0 aliphatic heterocycles. The summed E-state index contributed by atoms with van der Waals surface area (Å²) in [7, 11) is 0. The number of nitrogens with zero attached hydrogens (tertiary/aromatic N) is 2. The molecule has 0 spiro atoms. The second-order valence-electron chi connectivity index (χ2n) is 2.35. The van der Waals surface area contributed by atoms with Gasteiger partial charge in [0.05, 0.1) is 18.5 Å². The maximum atomic E-state index is 5.32. The molecule has 1 heterocycles. The van der Waals surface area contributed by atoms with E-state index in [-0.39, 0.29) is 6.10 Å². The van der Waals surface area contributed by atoms with E-state index >= 15 is 0 Å². The minimum absolute atomic E-state index is 0.166. The van der Waals surface area contributed by atoms with Crippen LogP contribution in [0, 0.1) is 0 Å². The number of halogens is 1. The van der Waals surface area contributed by atoms with Gasteiger partial charge in [-0.3, -0.25) is 0 Å². The Labute approximate surface area is 73.9 Å². The molecule has 0 fully saturated rings. The molecule has 4 heteroatoms. The van der Waals surface area contributed by atoms with E-state index in [0.717, 1.165) is 0 Å². The minimum Gasteiger partial charge on any atom is -0.488 e. The lowest BCUT2D eigenvalue weighted by atomic mass is 10.5. The number of rotatable bonds is 2. The Morgan fingerprint density at radius 3 is 2.36 bits per heavy atom. The average molecular weight is 217 g/mol. The second-order valence-corrected chi connectivity index (χ2v) is 3.06. The van der Waals surface area contributed by atoms with E-state index in [0.29, 0.717) is 10.5 Å². The lowest BCUT2D eigenvalue weighted by molar-refractivity contribution is 0.240. The van der Waals surface area contributed by atoms with Gasteiger partial charge in [0.15, 0.2) is 10.5 Å². The molecule has 11 heavy (non-hydrogen) atoms. The van der Waals surface area contributed by atoms with Crippen LogP contribution >= 0.6 is 15.9 Å². The van der Waals surface area contributed by atoms with Gasteiger partial charge >= 0.3 is 0 Å². The summed E-state index contributed by atoms with van der Waals surface area (Å²) >= 11 is 3.13. The third-order valence-corrected chi connectivity index (χ3v) is 1.38. The van der Waals surface area contributed by atoms with E-state index in [1.54, 1.807) is 12.4 Å². The summed E-state index contributed by atoms with van der Waals surface area (Å²) in [6.45, 7) is 3.92. The van der Waals surface area contributed by atoms with E-state index in [1.165, 1.54) is 0 Å². The van der Waals surface area contributed by atoms with Crippen LogP contribution in [0.15, 0.2) is 17.1 Å². The third-order valence-electron chi connectivity index (χ3n) is 0.968. The molecule has 0 aliphatic rings. The molecule has 0 saturated carbocycles. The Bertz CT molecular complexity index is 222. The molecule has 0 saturated heterocycles. The minimum atomic E-state index is 0.166. The summed E-state index contributed by atoms with van der Waals surface area (Å²) in [6, 6.07) is 0. The monoisotopic (exact) mass is 216 g/mol. The van der Waals surface area contributed by atoms with E-state index < -0.39 is 0 Å². The zero-order chi connectivity index (χ0) is 8.27. The van der Waals surface area contributed by atoms with Crippen molar-refractivity contribution in [1.82, 2.24) is 9.97 Å². The van der Waals surface area contributed by atoms with Crippen molar-refractivity contribution in [2.45, 2.75) is 20.0 Å². The molecule has 0 atom stereocenters. The molecular formula is C7H9BrN2O. The maximum absolute atomic E-state index is 5.32. The van der Waals surface area contributed by atoms with Crippen LogP contribution in [-0.4, -0.2) is 16.1 Å². The van der Waals surface area contributed by atoms with E-state index in [4.69, 9.17) is 4.74 Å². The average Bonchev–Trinajstić information content (AvgIpc) is 1.93. The topological polar surface area (TPSA) is 35.0 Å². The van der Waals surface area contributed by atoms with E-state index in [9.17, 15) is 0 Å². The van der Waals surface area contributed by atoms with Crippen molar-refractivity contribution in [3.05, 3.63) is 17.1 Å². The van der Waals surface area contributed by atoms with Gasteiger partial charge in [0.1, 0.15) is 0 Å². The summed E-state index contributed by atoms with van der Waals surface area (Å²) in [6.07, 6.45) is 3.44. The van der Waals surface area contributed by atoms with Crippen molar-refractivity contribution < 1.29 is 4.74 Å². The van der Waals surface area contributed by atoms with Crippen LogP contribution < -0.4 is 4.74 Å². The zero-order valence-corrected chi connectivity index (χ0v) is 8.00. The fraction of sp³-hybridized carbons (Fsp3) is 0.429. The molecule has 60 valence electrons. The zero-order valence-electron chi connectivity index (χ0n) is 6.41. The van der Waals surface area contributed by atoms with Gasteiger partial charge in [0.25, 0.3) is 0 Å². The standard InChI is InChI=1S/C7H9BrN2O/c1-5(2)11-6-3-9-7(8)10-4-6/h3-5H,1-2H3. The summed E-state index contributed by atoms with van der Waals surface area (Å²) in [5.74, 6) is 0.697. The van der Waals surface area contributed by atoms with Crippen molar-refractivity contribution in [2.75, 3.05) is 0 Å². The molecule has 0 radical (unpaired) electrons. The number of hydrogen-bond acceptors (Lipinski definition) is 3. The Kier molecular flexibility index (Phi) is 2.82. The molecule has 0 bridgehead atoms. The SMILES string of the molecule is CC(C)Oc1cnc(Br)nc1. The van der Waals surface area contributed by atoms with Gasteiger partial charge in [-0.15, -0.1) is 0 Å². The molecule has 0 aromatic carbocycles.